The Morgan fingerprint density at radius 3 is 2.41 bits per heavy atom. The fourth-order valence-electron chi connectivity index (χ4n) is 4.17. The molecule has 1 heterocycles. The normalized spacial score (nSPS) is 18.4. The highest BCUT2D eigenvalue weighted by Crippen LogP contribution is 2.33. The molecule has 2 N–H and O–H groups in total. The van der Waals surface area contributed by atoms with Crippen molar-refractivity contribution < 1.29 is 17.9 Å². The van der Waals surface area contributed by atoms with E-state index in [1.165, 1.54) is 0 Å². The van der Waals surface area contributed by atoms with E-state index < -0.39 is 10.0 Å². The Morgan fingerprint density at radius 1 is 1.03 bits per heavy atom. The Labute approximate surface area is 189 Å². The number of allylic oxidation sites excluding steroid dienone is 2. The minimum atomic E-state index is -3.88. The number of carbonyl (C=O) groups is 1. The molecule has 1 unspecified atom stereocenters. The third kappa shape index (κ3) is 5.07. The van der Waals surface area contributed by atoms with Gasteiger partial charge in [-0.2, -0.15) is 0 Å². The summed E-state index contributed by atoms with van der Waals surface area (Å²) in [5, 5.41) is 2.92. The lowest BCUT2D eigenvalue weighted by Gasteiger charge is -2.23. The van der Waals surface area contributed by atoms with E-state index in [0.717, 1.165) is 38.8 Å². The number of methoxy groups -OCH3 is 1. The molecule has 1 aliphatic carbocycles. The number of sulfonamides is 1. The summed E-state index contributed by atoms with van der Waals surface area (Å²) in [5.41, 5.74) is 1.59. The molecule has 2 aromatic carbocycles. The van der Waals surface area contributed by atoms with Crippen molar-refractivity contribution in [2.24, 2.45) is 5.92 Å². The summed E-state index contributed by atoms with van der Waals surface area (Å²) < 4.78 is 34.6. The fourth-order valence-corrected chi connectivity index (χ4v) is 5.48. The SMILES string of the molecule is COc1ccc(NS(=O)(=O)c2cc(NC(=O)C3CC=CCC3)ccc2N2CCCC2)cc1. The summed E-state index contributed by atoms with van der Waals surface area (Å²) in [6.07, 6.45) is 8.57. The standard InChI is InChI=1S/C24H29N3O4S/c1-31-21-12-9-19(10-13-21)26-32(29,30)23-17-20(11-14-22(23)27-15-5-6-16-27)25-24(28)18-7-3-2-4-8-18/h2-3,9-14,17-18,26H,4-8,15-16H2,1H3,(H,25,28). The molecule has 0 radical (unpaired) electrons. The average molecular weight is 456 g/mol. The van der Waals surface area contributed by atoms with Gasteiger partial charge in [0.2, 0.25) is 5.91 Å². The number of carbonyl (C=O) groups excluding carboxylic acids is 1. The molecule has 1 saturated heterocycles. The molecule has 1 amide bonds. The van der Waals surface area contributed by atoms with E-state index in [2.05, 4.69) is 21.0 Å². The Balaban J connectivity index is 1.62. The molecule has 7 nitrogen and oxygen atoms in total. The lowest BCUT2D eigenvalue weighted by atomic mass is 9.93. The van der Waals surface area contributed by atoms with Crippen molar-refractivity contribution in [3.63, 3.8) is 0 Å². The quantitative estimate of drug-likeness (QED) is 0.605. The van der Waals surface area contributed by atoms with E-state index in [4.69, 9.17) is 4.74 Å². The van der Waals surface area contributed by atoms with Crippen LogP contribution in [0.25, 0.3) is 0 Å². The van der Waals surface area contributed by atoms with Gasteiger partial charge in [-0.05, 0) is 74.6 Å². The van der Waals surface area contributed by atoms with Crippen LogP contribution in [0.4, 0.5) is 17.1 Å². The molecule has 170 valence electrons. The minimum Gasteiger partial charge on any atom is -0.497 e. The smallest absolute Gasteiger partial charge is 0.264 e. The topological polar surface area (TPSA) is 87.7 Å². The predicted octanol–water partition coefficient (Wildman–Crippen LogP) is 4.39. The van der Waals surface area contributed by atoms with Gasteiger partial charge in [-0.25, -0.2) is 8.42 Å². The molecule has 0 bridgehead atoms. The van der Waals surface area contributed by atoms with Gasteiger partial charge in [0.15, 0.2) is 0 Å². The van der Waals surface area contributed by atoms with Crippen molar-refractivity contribution >= 4 is 33.0 Å². The molecule has 2 aliphatic rings. The van der Waals surface area contributed by atoms with Gasteiger partial charge in [0.05, 0.1) is 12.8 Å². The third-order valence-corrected chi connectivity index (χ3v) is 7.36. The number of nitrogens with zero attached hydrogens (tertiary/aromatic N) is 1. The summed E-state index contributed by atoms with van der Waals surface area (Å²) in [4.78, 5) is 14.9. The minimum absolute atomic E-state index is 0.0743. The largest absolute Gasteiger partial charge is 0.497 e. The fraction of sp³-hybridized carbons (Fsp3) is 0.375. The number of anilines is 3. The van der Waals surface area contributed by atoms with E-state index in [0.29, 0.717) is 29.2 Å². The van der Waals surface area contributed by atoms with Crippen LogP contribution in [0.3, 0.4) is 0 Å². The maximum atomic E-state index is 13.4. The lowest BCUT2D eigenvalue weighted by Crippen LogP contribution is -2.25. The number of rotatable bonds is 7. The zero-order valence-corrected chi connectivity index (χ0v) is 19.0. The molecule has 1 atom stereocenters. The van der Waals surface area contributed by atoms with Crippen molar-refractivity contribution in [3.05, 3.63) is 54.6 Å². The van der Waals surface area contributed by atoms with Crippen LogP contribution in [0.2, 0.25) is 0 Å². The number of nitrogens with one attached hydrogen (secondary N) is 2. The zero-order chi connectivity index (χ0) is 22.6. The maximum Gasteiger partial charge on any atom is 0.264 e. The van der Waals surface area contributed by atoms with Crippen LogP contribution in [0.5, 0.6) is 5.75 Å². The molecule has 1 aliphatic heterocycles. The second-order valence-corrected chi connectivity index (χ2v) is 9.83. The van der Waals surface area contributed by atoms with Crippen LogP contribution >= 0.6 is 0 Å². The molecule has 0 aromatic heterocycles. The van der Waals surface area contributed by atoms with Crippen LogP contribution in [0, 0.1) is 5.92 Å². The van der Waals surface area contributed by atoms with Gasteiger partial charge in [-0.15, -0.1) is 0 Å². The number of amides is 1. The molecule has 32 heavy (non-hydrogen) atoms. The van der Waals surface area contributed by atoms with Gasteiger partial charge in [0.1, 0.15) is 10.6 Å². The lowest BCUT2D eigenvalue weighted by molar-refractivity contribution is -0.120. The Morgan fingerprint density at radius 2 is 1.75 bits per heavy atom. The van der Waals surface area contributed by atoms with E-state index in [-0.39, 0.29) is 16.7 Å². The van der Waals surface area contributed by atoms with Crippen molar-refractivity contribution in [2.45, 2.75) is 37.0 Å². The van der Waals surface area contributed by atoms with Gasteiger partial charge in [0, 0.05) is 30.4 Å². The molecule has 0 spiro atoms. The summed E-state index contributed by atoms with van der Waals surface area (Å²) in [7, 11) is -2.32. The third-order valence-electron chi connectivity index (χ3n) is 5.95. The number of hydrogen-bond donors (Lipinski definition) is 2. The van der Waals surface area contributed by atoms with Gasteiger partial charge < -0.3 is 15.0 Å². The van der Waals surface area contributed by atoms with Crippen LogP contribution in [0.1, 0.15) is 32.1 Å². The van der Waals surface area contributed by atoms with Crippen LogP contribution in [0.15, 0.2) is 59.5 Å². The van der Waals surface area contributed by atoms with Crippen LogP contribution < -0.4 is 19.7 Å². The average Bonchev–Trinajstić information content (AvgIpc) is 3.35. The highest BCUT2D eigenvalue weighted by Gasteiger charge is 2.26. The number of ether oxygens (including phenoxy) is 1. The van der Waals surface area contributed by atoms with Crippen molar-refractivity contribution in [1.29, 1.82) is 0 Å². The molecule has 0 saturated carbocycles. The molecule has 4 rings (SSSR count). The molecule has 2 aromatic rings. The highest BCUT2D eigenvalue weighted by molar-refractivity contribution is 7.92. The number of hydrogen-bond acceptors (Lipinski definition) is 5. The number of benzene rings is 2. The summed E-state index contributed by atoms with van der Waals surface area (Å²) in [5.74, 6) is 0.485. The maximum absolute atomic E-state index is 13.4. The monoisotopic (exact) mass is 455 g/mol. The van der Waals surface area contributed by atoms with Gasteiger partial charge >= 0.3 is 0 Å². The van der Waals surface area contributed by atoms with E-state index >= 15 is 0 Å². The van der Waals surface area contributed by atoms with E-state index in [1.54, 1.807) is 49.6 Å². The van der Waals surface area contributed by atoms with Crippen molar-refractivity contribution in [1.82, 2.24) is 0 Å². The molecular weight excluding hydrogens is 426 g/mol. The van der Waals surface area contributed by atoms with Crippen molar-refractivity contribution in [2.75, 3.05) is 35.1 Å². The van der Waals surface area contributed by atoms with Gasteiger partial charge in [-0.1, -0.05) is 12.2 Å². The first-order valence-electron chi connectivity index (χ1n) is 11.0. The summed E-state index contributed by atoms with van der Waals surface area (Å²) in [6, 6.07) is 11.9. The summed E-state index contributed by atoms with van der Waals surface area (Å²) in [6.45, 7) is 1.62. The van der Waals surface area contributed by atoms with Crippen LogP contribution in [-0.2, 0) is 14.8 Å². The van der Waals surface area contributed by atoms with Gasteiger partial charge in [0.25, 0.3) is 10.0 Å². The highest BCUT2D eigenvalue weighted by atomic mass is 32.2. The second-order valence-electron chi connectivity index (χ2n) is 8.18. The van der Waals surface area contributed by atoms with Crippen LogP contribution in [-0.4, -0.2) is 34.5 Å². The molecule has 8 heteroatoms. The summed E-state index contributed by atoms with van der Waals surface area (Å²) >= 11 is 0. The first-order valence-corrected chi connectivity index (χ1v) is 12.5. The Bertz CT molecular complexity index is 1090. The zero-order valence-electron chi connectivity index (χ0n) is 18.2. The van der Waals surface area contributed by atoms with E-state index in [1.807, 2.05) is 6.08 Å². The molecular formula is C24H29N3O4S. The Hall–Kier alpha value is -3.00. The van der Waals surface area contributed by atoms with E-state index in [9.17, 15) is 13.2 Å². The Kier molecular flexibility index (Phi) is 6.69. The van der Waals surface area contributed by atoms with Gasteiger partial charge in [-0.3, -0.25) is 9.52 Å². The second kappa shape index (κ2) is 9.65. The predicted molar refractivity (Wildman–Crippen MR) is 127 cm³/mol. The molecule has 1 fully saturated rings. The first-order chi connectivity index (χ1) is 15.5. The van der Waals surface area contributed by atoms with Crippen molar-refractivity contribution in [3.8, 4) is 5.75 Å². The first kappa shape index (κ1) is 22.2.